The van der Waals surface area contributed by atoms with Crippen LogP contribution in [0.25, 0.3) is 0 Å². The Hall–Kier alpha value is -3.47. The molecule has 1 aliphatic heterocycles. The Labute approximate surface area is 202 Å². The molecule has 34 heavy (non-hydrogen) atoms. The SMILES string of the molecule is CCc1ccc(N)c(CC)c1NC(=O)N(Cc1ccc2c(c1)CCO2)c1ccc(C(C)C)cc1. The van der Waals surface area contributed by atoms with E-state index in [9.17, 15) is 4.79 Å². The molecule has 0 unspecified atom stereocenters. The minimum absolute atomic E-state index is 0.163. The molecule has 5 nitrogen and oxygen atoms in total. The molecule has 0 saturated carbocycles. The number of carbonyl (C=O) groups excluding carboxylic acids is 1. The zero-order valence-electron chi connectivity index (χ0n) is 20.7. The Kier molecular flexibility index (Phi) is 7.11. The third kappa shape index (κ3) is 4.89. The van der Waals surface area contributed by atoms with Crippen molar-refractivity contribution in [1.82, 2.24) is 0 Å². The first-order valence-electron chi connectivity index (χ1n) is 12.2. The number of nitrogens with zero attached hydrogens (tertiary/aromatic N) is 1. The van der Waals surface area contributed by atoms with Crippen molar-refractivity contribution in [2.75, 3.05) is 22.6 Å². The van der Waals surface area contributed by atoms with Gasteiger partial charge in [0.2, 0.25) is 0 Å². The highest BCUT2D eigenvalue weighted by Crippen LogP contribution is 2.31. The molecule has 1 aliphatic rings. The predicted octanol–water partition coefficient (Wildman–Crippen LogP) is 6.69. The quantitative estimate of drug-likeness (QED) is 0.388. The van der Waals surface area contributed by atoms with Gasteiger partial charge in [0, 0.05) is 17.8 Å². The first kappa shape index (κ1) is 23.7. The summed E-state index contributed by atoms with van der Waals surface area (Å²) in [5, 5.41) is 3.21. The third-order valence-corrected chi connectivity index (χ3v) is 6.61. The number of nitrogens with two attached hydrogens (primary N) is 1. The largest absolute Gasteiger partial charge is 0.493 e. The topological polar surface area (TPSA) is 67.6 Å². The van der Waals surface area contributed by atoms with Gasteiger partial charge < -0.3 is 15.8 Å². The molecule has 0 bridgehead atoms. The van der Waals surface area contributed by atoms with Crippen LogP contribution in [0.3, 0.4) is 0 Å². The number of ether oxygens (including phenoxy) is 1. The zero-order chi connectivity index (χ0) is 24.2. The second-order valence-electron chi connectivity index (χ2n) is 9.18. The first-order chi connectivity index (χ1) is 16.4. The number of rotatable bonds is 7. The number of carbonyl (C=O) groups is 1. The van der Waals surface area contributed by atoms with E-state index in [1.807, 2.05) is 41.3 Å². The lowest BCUT2D eigenvalue weighted by atomic mass is 10.0. The Bertz CT molecular complexity index is 1170. The van der Waals surface area contributed by atoms with Crippen molar-refractivity contribution in [3.8, 4) is 5.75 Å². The lowest BCUT2D eigenvalue weighted by Crippen LogP contribution is -2.35. The summed E-state index contributed by atoms with van der Waals surface area (Å²) >= 11 is 0. The van der Waals surface area contributed by atoms with Crippen molar-refractivity contribution in [1.29, 1.82) is 0 Å². The summed E-state index contributed by atoms with van der Waals surface area (Å²) in [6, 6.07) is 18.3. The van der Waals surface area contributed by atoms with Crippen LogP contribution in [0.15, 0.2) is 54.6 Å². The van der Waals surface area contributed by atoms with Crippen LogP contribution in [0.1, 0.15) is 61.4 Å². The van der Waals surface area contributed by atoms with E-state index >= 15 is 0 Å². The fraction of sp³-hybridized carbons (Fsp3) is 0.345. The van der Waals surface area contributed by atoms with Crippen molar-refractivity contribution in [2.45, 2.75) is 59.4 Å². The minimum Gasteiger partial charge on any atom is -0.493 e. The molecule has 0 aromatic heterocycles. The number of nitrogen functional groups attached to an aromatic ring is 1. The van der Waals surface area contributed by atoms with E-state index in [2.05, 4.69) is 51.2 Å². The standard InChI is InChI=1S/C29H35N3O2/c1-5-21-10-13-26(30)25(6-2)28(21)31-29(33)32(24-11-8-22(9-12-24)19(3)4)18-20-7-14-27-23(17-20)15-16-34-27/h7-14,17,19H,5-6,15-16,18,30H2,1-4H3,(H,31,33). The molecule has 0 aliphatic carbocycles. The van der Waals surface area contributed by atoms with E-state index in [-0.39, 0.29) is 6.03 Å². The Balaban J connectivity index is 1.69. The number of fused-ring (bicyclic) bond motifs is 1. The summed E-state index contributed by atoms with van der Waals surface area (Å²) in [4.78, 5) is 15.6. The van der Waals surface area contributed by atoms with Gasteiger partial charge >= 0.3 is 6.03 Å². The maximum atomic E-state index is 13.8. The van der Waals surface area contributed by atoms with Gasteiger partial charge in [-0.15, -0.1) is 0 Å². The number of hydrogen-bond donors (Lipinski definition) is 2. The summed E-state index contributed by atoms with van der Waals surface area (Å²) in [6.45, 7) is 9.68. The lowest BCUT2D eigenvalue weighted by Gasteiger charge is -2.26. The van der Waals surface area contributed by atoms with Gasteiger partial charge in [-0.3, -0.25) is 4.90 Å². The molecule has 1 heterocycles. The monoisotopic (exact) mass is 457 g/mol. The van der Waals surface area contributed by atoms with Crippen LogP contribution in [0, 0.1) is 0 Å². The molecule has 3 N–H and O–H groups in total. The number of amides is 2. The molecule has 0 spiro atoms. The predicted molar refractivity (Wildman–Crippen MR) is 141 cm³/mol. The maximum Gasteiger partial charge on any atom is 0.326 e. The van der Waals surface area contributed by atoms with Crippen LogP contribution in [0.2, 0.25) is 0 Å². The number of anilines is 3. The van der Waals surface area contributed by atoms with E-state index in [0.717, 1.165) is 53.1 Å². The van der Waals surface area contributed by atoms with E-state index in [1.54, 1.807) is 0 Å². The highest BCUT2D eigenvalue weighted by atomic mass is 16.5. The molecule has 3 aromatic rings. The van der Waals surface area contributed by atoms with Crippen molar-refractivity contribution in [3.05, 3.63) is 82.4 Å². The molecular formula is C29H35N3O2. The fourth-order valence-corrected chi connectivity index (χ4v) is 4.56. The number of urea groups is 1. The molecule has 2 amide bonds. The van der Waals surface area contributed by atoms with Gasteiger partial charge in [0.25, 0.3) is 0 Å². The van der Waals surface area contributed by atoms with E-state index in [0.29, 0.717) is 24.8 Å². The van der Waals surface area contributed by atoms with E-state index in [4.69, 9.17) is 10.5 Å². The number of benzene rings is 3. The van der Waals surface area contributed by atoms with Crippen LogP contribution < -0.4 is 20.7 Å². The van der Waals surface area contributed by atoms with Gasteiger partial charge in [0.15, 0.2) is 0 Å². The summed E-state index contributed by atoms with van der Waals surface area (Å²) in [7, 11) is 0. The highest BCUT2D eigenvalue weighted by molar-refractivity contribution is 6.03. The second kappa shape index (κ2) is 10.2. The molecule has 5 heteroatoms. The third-order valence-electron chi connectivity index (χ3n) is 6.61. The first-order valence-corrected chi connectivity index (χ1v) is 12.2. The molecule has 0 atom stereocenters. The molecule has 0 saturated heterocycles. The van der Waals surface area contributed by atoms with Crippen LogP contribution >= 0.6 is 0 Å². The van der Waals surface area contributed by atoms with Crippen LogP contribution in [-0.4, -0.2) is 12.6 Å². The summed E-state index contributed by atoms with van der Waals surface area (Å²) in [5.41, 5.74) is 14.3. The van der Waals surface area contributed by atoms with Gasteiger partial charge in [0.1, 0.15) is 5.75 Å². The van der Waals surface area contributed by atoms with Crippen molar-refractivity contribution < 1.29 is 9.53 Å². The average molecular weight is 458 g/mol. The molecule has 178 valence electrons. The Morgan fingerprint density at radius 2 is 1.82 bits per heavy atom. The van der Waals surface area contributed by atoms with E-state index in [1.165, 1.54) is 11.1 Å². The van der Waals surface area contributed by atoms with Gasteiger partial charge in [-0.1, -0.05) is 58.0 Å². The Morgan fingerprint density at radius 3 is 2.50 bits per heavy atom. The summed E-state index contributed by atoms with van der Waals surface area (Å²) in [6.07, 6.45) is 2.47. The van der Waals surface area contributed by atoms with Crippen molar-refractivity contribution in [2.24, 2.45) is 0 Å². The molecular weight excluding hydrogens is 422 g/mol. The van der Waals surface area contributed by atoms with Crippen LogP contribution in [0.4, 0.5) is 21.9 Å². The van der Waals surface area contributed by atoms with Crippen molar-refractivity contribution in [3.63, 3.8) is 0 Å². The molecule has 0 fully saturated rings. The van der Waals surface area contributed by atoms with Gasteiger partial charge in [-0.2, -0.15) is 0 Å². The van der Waals surface area contributed by atoms with E-state index < -0.39 is 0 Å². The summed E-state index contributed by atoms with van der Waals surface area (Å²) in [5.74, 6) is 1.38. The smallest absolute Gasteiger partial charge is 0.326 e. The second-order valence-corrected chi connectivity index (χ2v) is 9.18. The van der Waals surface area contributed by atoms with Crippen LogP contribution in [0.5, 0.6) is 5.75 Å². The normalized spacial score (nSPS) is 12.4. The number of nitrogens with one attached hydrogen (secondary N) is 1. The maximum absolute atomic E-state index is 13.8. The van der Waals surface area contributed by atoms with Gasteiger partial charge in [-0.25, -0.2) is 4.79 Å². The lowest BCUT2D eigenvalue weighted by molar-refractivity contribution is 0.256. The average Bonchev–Trinajstić information content (AvgIpc) is 3.31. The Morgan fingerprint density at radius 1 is 1.06 bits per heavy atom. The minimum atomic E-state index is -0.163. The van der Waals surface area contributed by atoms with Gasteiger partial charge in [0.05, 0.1) is 18.8 Å². The summed E-state index contributed by atoms with van der Waals surface area (Å²) < 4.78 is 5.66. The zero-order valence-corrected chi connectivity index (χ0v) is 20.7. The number of hydrogen-bond acceptors (Lipinski definition) is 3. The van der Waals surface area contributed by atoms with Crippen LogP contribution in [-0.2, 0) is 25.8 Å². The van der Waals surface area contributed by atoms with Crippen molar-refractivity contribution >= 4 is 23.1 Å². The van der Waals surface area contributed by atoms with Gasteiger partial charge in [-0.05, 0) is 70.8 Å². The molecule has 3 aromatic carbocycles. The molecule has 0 radical (unpaired) electrons. The number of aryl methyl sites for hydroxylation is 1. The fourth-order valence-electron chi connectivity index (χ4n) is 4.56. The molecule has 4 rings (SSSR count). The highest BCUT2D eigenvalue weighted by Gasteiger charge is 2.21.